The first-order valence-electron chi connectivity index (χ1n) is 4.98. The number of amides is 2. The van der Waals surface area contributed by atoms with E-state index in [-0.39, 0.29) is 24.7 Å². The molecule has 0 unspecified atom stereocenters. The number of nitrogens with zero attached hydrogens (tertiary/aromatic N) is 2. The Morgan fingerprint density at radius 2 is 1.25 bits per heavy atom. The molecule has 0 aliphatic heterocycles. The summed E-state index contributed by atoms with van der Waals surface area (Å²) in [6.07, 6.45) is 1.20. The van der Waals surface area contributed by atoms with Gasteiger partial charge in [-0.1, -0.05) is 0 Å². The first-order valence-corrected chi connectivity index (χ1v) is 4.98. The van der Waals surface area contributed by atoms with Gasteiger partial charge in [0.05, 0.1) is 12.1 Å². The first kappa shape index (κ1) is 13.9. The zero-order valence-electron chi connectivity index (χ0n) is 8.95. The highest BCUT2D eigenvalue weighted by Crippen LogP contribution is 1.86. The zero-order chi connectivity index (χ0) is 12.2. The minimum absolute atomic E-state index is 0.126. The summed E-state index contributed by atoms with van der Waals surface area (Å²) in [6.45, 7) is 0.989. The maximum Gasteiger partial charge on any atom is 0.234 e. The summed E-state index contributed by atoms with van der Waals surface area (Å²) in [5.74, 6) is -0.563. The van der Waals surface area contributed by atoms with Crippen LogP contribution in [-0.2, 0) is 9.59 Å². The van der Waals surface area contributed by atoms with Crippen LogP contribution < -0.4 is 10.6 Å². The quantitative estimate of drug-likeness (QED) is 0.583. The lowest BCUT2D eigenvalue weighted by Gasteiger charge is -2.03. The Morgan fingerprint density at radius 1 is 0.875 bits per heavy atom. The number of carbonyl (C=O) groups excluding carboxylic acids is 2. The minimum atomic E-state index is -0.281. The highest BCUT2D eigenvalue weighted by molar-refractivity contribution is 5.78. The van der Waals surface area contributed by atoms with E-state index >= 15 is 0 Å². The average molecular weight is 222 g/mol. The summed E-state index contributed by atoms with van der Waals surface area (Å²) in [4.78, 5) is 21.7. The van der Waals surface area contributed by atoms with Crippen LogP contribution >= 0.6 is 0 Å². The SMILES string of the molecule is N#CCC(=O)NCCCCNC(=O)CC#N. The molecule has 0 fully saturated rings. The van der Waals surface area contributed by atoms with Gasteiger partial charge >= 0.3 is 0 Å². The van der Waals surface area contributed by atoms with Gasteiger partial charge in [0.25, 0.3) is 0 Å². The van der Waals surface area contributed by atoms with Crippen LogP contribution in [0.25, 0.3) is 0 Å². The number of nitriles is 2. The van der Waals surface area contributed by atoms with Gasteiger partial charge < -0.3 is 10.6 Å². The Balaban J connectivity index is 3.29. The van der Waals surface area contributed by atoms with E-state index < -0.39 is 0 Å². The zero-order valence-corrected chi connectivity index (χ0v) is 8.95. The van der Waals surface area contributed by atoms with E-state index in [1.165, 1.54) is 0 Å². The lowest BCUT2D eigenvalue weighted by Crippen LogP contribution is -2.26. The molecule has 0 spiro atoms. The van der Waals surface area contributed by atoms with Crippen molar-refractivity contribution in [1.29, 1.82) is 10.5 Å². The minimum Gasteiger partial charge on any atom is -0.355 e. The van der Waals surface area contributed by atoms with Crippen molar-refractivity contribution in [3.63, 3.8) is 0 Å². The third-order valence-corrected chi connectivity index (χ3v) is 1.73. The molecule has 6 heteroatoms. The van der Waals surface area contributed by atoms with Crippen molar-refractivity contribution in [2.45, 2.75) is 25.7 Å². The normalized spacial score (nSPS) is 8.62. The van der Waals surface area contributed by atoms with Gasteiger partial charge in [0.1, 0.15) is 12.8 Å². The smallest absolute Gasteiger partial charge is 0.234 e. The van der Waals surface area contributed by atoms with Gasteiger partial charge in [-0.05, 0) is 12.8 Å². The number of carbonyl (C=O) groups is 2. The van der Waals surface area contributed by atoms with Crippen molar-refractivity contribution < 1.29 is 9.59 Å². The molecule has 0 aromatic heterocycles. The van der Waals surface area contributed by atoms with Gasteiger partial charge in [0.15, 0.2) is 0 Å². The summed E-state index contributed by atoms with van der Waals surface area (Å²) < 4.78 is 0. The fraction of sp³-hybridized carbons (Fsp3) is 0.600. The maximum atomic E-state index is 10.8. The highest BCUT2D eigenvalue weighted by atomic mass is 16.2. The first-order chi connectivity index (χ1) is 7.70. The van der Waals surface area contributed by atoms with Gasteiger partial charge in [-0.2, -0.15) is 10.5 Å². The van der Waals surface area contributed by atoms with E-state index in [0.29, 0.717) is 13.1 Å². The summed E-state index contributed by atoms with van der Waals surface area (Å²) >= 11 is 0. The van der Waals surface area contributed by atoms with Crippen molar-refractivity contribution in [2.24, 2.45) is 0 Å². The molecule has 0 aromatic carbocycles. The Labute approximate surface area is 94.2 Å². The fourth-order valence-corrected chi connectivity index (χ4v) is 0.974. The molecule has 6 nitrogen and oxygen atoms in total. The standard InChI is InChI=1S/C10H14N4O2/c11-5-3-9(15)13-7-1-2-8-14-10(16)4-6-12/h1-4,7-8H2,(H,13,15)(H,14,16). The van der Waals surface area contributed by atoms with Crippen molar-refractivity contribution in [1.82, 2.24) is 10.6 Å². The number of hydrogen-bond donors (Lipinski definition) is 2. The molecule has 0 saturated heterocycles. The van der Waals surface area contributed by atoms with E-state index in [4.69, 9.17) is 10.5 Å². The maximum absolute atomic E-state index is 10.8. The van der Waals surface area contributed by atoms with Crippen LogP contribution in [0, 0.1) is 22.7 Å². The molecule has 0 aliphatic carbocycles. The topological polar surface area (TPSA) is 106 Å². The third-order valence-electron chi connectivity index (χ3n) is 1.73. The predicted octanol–water partition coefficient (Wildman–Crippen LogP) is -0.174. The molecule has 0 atom stereocenters. The molecule has 2 N–H and O–H groups in total. The summed E-state index contributed by atoms with van der Waals surface area (Å²) in [7, 11) is 0. The molecule has 0 heterocycles. The summed E-state index contributed by atoms with van der Waals surface area (Å²) in [5.41, 5.74) is 0. The van der Waals surface area contributed by atoms with Gasteiger partial charge in [0.2, 0.25) is 11.8 Å². The largest absolute Gasteiger partial charge is 0.355 e. The molecule has 0 bridgehead atoms. The van der Waals surface area contributed by atoms with Crippen LogP contribution in [0.1, 0.15) is 25.7 Å². The molecular weight excluding hydrogens is 208 g/mol. The Kier molecular flexibility index (Phi) is 8.24. The molecule has 16 heavy (non-hydrogen) atoms. The fourth-order valence-electron chi connectivity index (χ4n) is 0.974. The van der Waals surface area contributed by atoms with Crippen molar-refractivity contribution in [3.05, 3.63) is 0 Å². The van der Waals surface area contributed by atoms with Crippen LogP contribution in [0.5, 0.6) is 0 Å². The van der Waals surface area contributed by atoms with E-state index in [1.807, 2.05) is 0 Å². The van der Waals surface area contributed by atoms with Gasteiger partial charge in [-0.3, -0.25) is 9.59 Å². The molecule has 0 saturated carbocycles. The Bertz CT molecular complexity index is 282. The average Bonchev–Trinajstić information content (AvgIpc) is 2.24. The summed E-state index contributed by atoms with van der Waals surface area (Å²) in [6, 6.07) is 3.50. The number of rotatable bonds is 7. The van der Waals surface area contributed by atoms with Gasteiger partial charge in [-0.25, -0.2) is 0 Å². The van der Waals surface area contributed by atoms with Gasteiger partial charge in [0, 0.05) is 13.1 Å². The number of hydrogen-bond acceptors (Lipinski definition) is 4. The second-order valence-corrected chi connectivity index (χ2v) is 3.08. The predicted molar refractivity (Wildman–Crippen MR) is 55.7 cm³/mol. The number of unbranched alkanes of at least 4 members (excludes halogenated alkanes) is 1. The second kappa shape index (κ2) is 9.47. The summed E-state index contributed by atoms with van der Waals surface area (Å²) in [5, 5.41) is 21.5. The van der Waals surface area contributed by atoms with Crippen LogP contribution in [0.2, 0.25) is 0 Å². The van der Waals surface area contributed by atoms with E-state index in [2.05, 4.69) is 10.6 Å². The van der Waals surface area contributed by atoms with Crippen molar-refractivity contribution in [2.75, 3.05) is 13.1 Å². The molecule has 2 amide bonds. The third kappa shape index (κ3) is 8.52. The Hall–Kier alpha value is -2.08. The molecular formula is C10H14N4O2. The van der Waals surface area contributed by atoms with Crippen LogP contribution in [0.4, 0.5) is 0 Å². The lowest BCUT2D eigenvalue weighted by atomic mass is 10.3. The van der Waals surface area contributed by atoms with Crippen LogP contribution in [0.3, 0.4) is 0 Å². The molecule has 0 radical (unpaired) electrons. The molecule has 0 rings (SSSR count). The molecule has 0 aromatic rings. The Morgan fingerprint density at radius 3 is 1.56 bits per heavy atom. The number of nitrogens with one attached hydrogen (secondary N) is 2. The van der Waals surface area contributed by atoms with E-state index in [1.54, 1.807) is 12.1 Å². The van der Waals surface area contributed by atoms with Crippen LogP contribution in [-0.4, -0.2) is 24.9 Å². The second-order valence-electron chi connectivity index (χ2n) is 3.08. The van der Waals surface area contributed by atoms with Crippen molar-refractivity contribution >= 4 is 11.8 Å². The molecule has 0 aliphatic rings. The van der Waals surface area contributed by atoms with Gasteiger partial charge in [-0.15, -0.1) is 0 Å². The molecule has 86 valence electrons. The van der Waals surface area contributed by atoms with E-state index in [0.717, 1.165) is 12.8 Å². The highest BCUT2D eigenvalue weighted by Gasteiger charge is 1.99. The van der Waals surface area contributed by atoms with E-state index in [9.17, 15) is 9.59 Å². The lowest BCUT2D eigenvalue weighted by molar-refractivity contribution is -0.121. The van der Waals surface area contributed by atoms with Crippen molar-refractivity contribution in [3.8, 4) is 12.1 Å². The monoisotopic (exact) mass is 222 g/mol. The van der Waals surface area contributed by atoms with Crippen LogP contribution in [0.15, 0.2) is 0 Å².